The van der Waals surface area contributed by atoms with Crippen LogP contribution in [0.2, 0.25) is 15.1 Å². The third-order valence-electron chi connectivity index (χ3n) is 4.35. The fraction of sp³-hybridized carbons (Fsp3) is 0.100. The first-order valence-electron chi connectivity index (χ1n) is 8.37. The molecule has 0 bridgehead atoms. The molecule has 0 fully saturated rings. The van der Waals surface area contributed by atoms with Crippen molar-refractivity contribution < 1.29 is 0 Å². The van der Waals surface area contributed by atoms with E-state index in [-0.39, 0.29) is 0 Å². The molecule has 142 valence electrons. The molecule has 0 N–H and O–H groups in total. The standard InChI is InChI=1S/C20H15Cl3N4S/c1-12-3-5-13(6-4-12)27-18(14-7-8-15(21)17(23)16(14)22)19(20(25-27)28-2)26-10-9-24-11-26/h3-11H,1-2H3. The summed E-state index contributed by atoms with van der Waals surface area (Å²) in [7, 11) is 0. The SMILES string of the molecule is CSc1nn(-c2ccc(C)cc2)c(-c2ccc(Cl)c(Cl)c2Cl)c1-n1ccnc1. The van der Waals surface area contributed by atoms with Crippen molar-refractivity contribution in [2.75, 3.05) is 6.26 Å². The van der Waals surface area contributed by atoms with E-state index in [9.17, 15) is 0 Å². The van der Waals surface area contributed by atoms with Crippen molar-refractivity contribution in [1.29, 1.82) is 0 Å². The Labute approximate surface area is 182 Å². The van der Waals surface area contributed by atoms with Crippen LogP contribution in [0, 0.1) is 6.92 Å². The lowest BCUT2D eigenvalue weighted by atomic mass is 10.1. The number of hydrogen-bond donors (Lipinski definition) is 0. The predicted octanol–water partition coefficient (Wildman–Crippen LogP) is 6.72. The van der Waals surface area contributed by atoms with Gasteiger partial charge in [0.2, 0.25) is 0 Å². The Morgan fingerprint density at radius 2 is 1.71 bits per heavy atom. The van der Waals surface area contributed by atoms with E-state index in [4.69, 9.17) is 39.9 Å². The van der Waals surface area contributed by atoms with E-state index in [1.807, 2.05) is 59.0 Å². The van der Waals surface area contributed by atoms with Gasteiger partial charge in [0.05, 0.1) is 27.1 Å². The average Bonchev–Trinajstić information content (AvgIpc) is 3.34. The number of imidazole rings is 1. The summed E-state index contributed by atoms with van der Waals surface area (Å²) in [6.07, 6.45) is 7.34. The van der Waals surface area contributed by atoms with Crippen molar-refractivity contribution in [2.24, 2.45) is 0 Å². The molecule has 4 rings (SSSR count). The Bertz CT molecular complexity index is 1140. The number of aryl methyl sites for hydroxylation is 1. The second kappa shape index (κ2) is 7.84. The Hall–Kier alpha value is -1.92. The number of nitrogens with zero attached hydrogens (tertiary/aromatic N) is 4. The van der Waals surface area contributed by atoms with Crippen LogP contribution in [0.25, 0.3) is 22.6 Å². The molecule has 28 heavy (non-hydrogen) atoms. The molecule has 2 aromatic carbocycles. The predicted molar refractivity (Wildman–Crippen MR) is 118 cm³/mol. The second-order valence-corrected chi connectivity index (χ2v) is 8.10. The van der Waals surface area contributed by atoms with Gasteiger partial charge in [-0.1, -0.05) is 52.5 Å². The van der Waals surface area contributed by atoms with Crippen molar-refractivity contribution in [3.05, 3.63) is 75.8 Å². The van der Waals surface area contributed by atoms with Gasteiger partial charge >= 0.3 is 0 Å². The molecular formula is C20H15Cl3N4S. The van der Waals surface area contributed by atoms with E-state index in [0.29, 0.717) is 15.1 Å². The Kier molecular flexibility index (Phi) is 5.43. The number of hydrogen-bond acceptors (Lipinski definition) is 3. The topological polar surface area (TPSA) is 35.6 Å². The van der Waals surface area contributed by atoms with Gasteiger partial charge in [-0.15, -0.1) is 11.8 Å². The first-order valence-corrected chi connectivity index (χ1v) is 10.7. The number of thioether (sulfide) groups is 1. The van der Waals surface area contributed by atoms with Crippen LogP contribution in [0.3, 0.4) is 0 Å². The minimum absolute atomic E-state index is 0.319. The normalized spacial score (nSPS) is 11.2. The van der Waals surface area contributed by atoms with Gasteiger partial charge in [0.1, 0.15) is 16.4 Å². The first kappa shape index (κ1) is 19.4. The average molecular weight is 450 g/mol. The highest BCUT2D eigenvalue weighted by molar-refractivity contribution is 7.98. The van der Waals surface area contributed by atoms with E-state index >= 15 is 0 Å². The smallest absolute Gasteiger partial charge is 0.143 e. The van der Waals surface area contributed by atoms with Gasteiger partial charge in [-0.05, 0) is 37.4 Å². The van der Waals surface area contributed by atoms with Gasteiger partial charge in [-0.25, -0.2) is 9.67 Å². The van der Waals surface area contributed by atoms with Crippen LogP contribution in [-0.2, 0) is 0 Å². The van der Waals surface area contributed by atoms with E-state index in [1.165, 1.54) is 5.56 Å². The van der Waals surface area contributed by atoms with Crippen LogP contribution in [-0.4, -0.2) is 25.6 Å². The fourth-order valence-electron chi connectivity index (χ4n) is 2.97. The quantitative estimate of drug-likeness (QED) is 0.256. The summed E-state index contributed by atoms with van der Waals surface area (Å²) < 4.78 is 3.81. The highest BCUT2D eigenvalue weighted by atomic mass is 35.5. The number of benzene rings is 2. The maximum atomic E-state index is 6.61. The van der Waals surface area contributed by atoms with Crippen molar-refractivity contribution in [3.63, 3.8) is 0 Å². The zero-order valence-electron chi connectivity index (χ0n) is 15.0. The molecule has 0 aliphatic carbocycles. The van der Waals surface area contributed by atoms with Crippen LogP contribution in [0.5, 0.6) is 0 Å². The van der Waals surface area contributed by atoms with E-state index in [2.05, 4.69) is 4.98 Å². The van der Waals surface area contributed by atoms with Gasteiger partial charge in [0, 0.05) is 18.0 Å². The van der Waals surface area contributed by atoms with Crippen LogP contribution in [0.4, 0.5) is 0 Å². The summed E-state index contributed by atoms with van der Waals surface area (Å²) in [4.78, 5) is 4.19. The maximum absolute atomic E-state index is 6.61. The van der Waals surface area contributed by atoms with Crippen LogP contribution < -0.4 is 0 Å². The number of rotatable bonds is 4. The summed E-state index contributed by atoms with van der Waals surface area (Å²) in [6, 6.07) is 11.8. The zero-order chi connectivity index (χ0) is 19.8. The monoisotopic (exact) mass is 448 g/mol. The Morgan fingerprint density at radius 3 is 2.36 bits per heavy atom. The lowest BCUT2D eigenvalue weighted by Crippen LogP contribution is -2.01. The molecule has 4 nitrogen and oxygen atoms in total. The molecule has 0 atom stereocenters. The second-order valence-electron chi connectivity index (χ2n) is 6.15. The number of halogens is 3. The van der Waals surface area contributed by atoms with Crippen molar-refractivity contribution in [3.8, 4) is 22.6 Å². The molecule has 0 saturated carbocycles. The van der Waals surface area contributed by atoms with Crippen LogP contribution in [0.15, 0.2) is 60.1 Å². The summed E-state index contributed by atoms with van der Waals surface area (Å²) in [5, 5.41) is 6.81. The minimum atomic E-state index is 0.319. The molecule has 0 aliphatic rings. The summed E-state index contributed by atoms with van der Waals surface area (Å²) in [5.41, 5.74) is 4.53. The van der Waals surface area contributed by atoms with Crippen molar-refractivity contribution >= 4 is 46.6 Å². The Balaban J connectivity index is 2.08. The molecule has 0 saturated heterocycles. The fourth-order valence-corrected chi connectivity index (χ4v) is 4.16. The van der Waals surface area contributed by atoms with Gasteiger partial charge in [-0.2, -0.15) is 5.10 Å². The zero-order valence-corrected chi connectivity index (χ0v) is 18.1. The molecule has 0 unspecified atom stereocenters. The molecule has 0 aliphatic heterocycles. The van der Waals surface area contributed by atoms with E-state index in [1.54, 1.807) is 30.4 Å². The summed E-state index contributed by atoms with van der Waals surface area (Å²) >= 11 is 20.7. The lowest BCUT2D eigenvalue weighted by molar-refractivity contribution is 0.842. The first-order chi connectivity index (χ1) is 13.5. The highest BCUT2D eigenvalue weighted by Crippen LogP contribution is 2.43. The van der Waals surface area contributed by atoms with Gasteiger partial charge < -0.3 is 4.57 Å². The van der Waals surface area contributed by atoms with Gasteiger partial charge in [0.15, 0.2) is 0 Å². The Morgan fingerprint density at radius 1 is 0.964 bits per heavy atom. The third kappa shape index (κ3) is 3.33. The van der Waals surface area contributed by atoms with E-state index in [0.717, 1.165) is 27.7 Å². The largest absolute Gasteiger partial charge is 0.302 e. The summed E-state index contributed by atoms with van der Waals surface area (Å²) in [5.74, 6) is 0. The molecule has 0 radical (unpaired) electrons. The van der Waals surface area contributed by atoms with Crippen LogP contribution >= 0.6 is 46.6 Å². The highest BCUT2D eigenvalue weighted by Gasteiger charge is 2.24. The lowest BCUT2D eigenvalue weighted by Gasteiger charge is -2.13. The minimum Gasteiger partial charge on any atom is -0.302 e. The molecule has 0 spiro atoms. The van der Waals surface area contributed by atoms with Gasteiger partial charge in [-0.3, -0.25) is 0 Å². The van der Waals surface area contributed by atoms with Crippen LogP contribution in [0.1, 0.15) is 5.56 Å². The molecule has 4 aromatic rings. The third-order valence-corrected chi connectivity index (χ3v) is 6.31. The van der Waals surface area contributed by atoms with Crippen molar-refractivity contribution in [2.45, 2.75) is 11.9 Å². The molecule has 2 aromatic heterocycles. The van der Waals surface area contributed by atoms with Crippen molar-refractivity contribution in [1.82, 2.24) is 19.3 Å². The van der Waals surface area contributed by atoms with E-state index < -0.39 is 0 Å². The molecule has 2 heterocycles. The van der Waals surface area contributed by atoms with Gasteiger partial charge in [0.25, 0.3) is 0 Å². The maximum Gasteiger partial charge on any atom is 0.143 e. The summed E-state index contributed by atoms with van der Waals surface area (Å²) in [6.45, 7) is 2.05. The molecule has 8 heteroatoms. The molecule has 0 amide bonds. The molecular weight excluding hydrogens is 435 g/mol. The number of aromatic nitrogens is 4.